The van der Waals surface area contributed by atoms with Gasteiger partial charge >= 0.3 is 0 Å². The Morgan fingerprint density at radius 2 is 1.85 bits per heavy atom. The minimum atomic E-state index is -0.234. The summed E-state index contributed by atoms with van der Waals surface area (Å²) >= 11 is 6.20. The van der Waals surface area contributed by atoms with Gasteiger partial charge in [-0.1, -0.05) is 23.7 Å². The highest BCUT2D eigenvalue weighted by atomic mass is 35.5. The monoisotopic (exact) mass is 365 g/mol. The fraction of sp³-hybridized carbons (Fsp3) is 0.105. The number of aromatic nitrogens is 4. The third-order valence-electron chi connectivity index (χ3n) is 4.20. The summed E-state index contributed by atoms with van der Waals surface area (Å²) in [7, 11) is 0. The Hall–Kier alpha value is -3.12. The molecule has 4 aromatic rings. The molecule has 2 heterocycles. The smallest absolute Gasteiger partial charge is 0.257 e. The van der Waals surface area contributed by atoms with E-state index in [4.69, 9.17) is 11.6 Å². The number of imidazole rings is 1. The normalized spacial score (nSPS) is 11.0. The Kier molecular flexibility index (Phi) is 3.97. The predicted octanol–water partition coefficient (Wildman–Crippen LogP) is 4.27. The number of hydrogen-bond acceptors (Lipinski definition) is 3. The lowest BCUT2D eigenvalue weighted by Crippen LogP contribution is -2.13. The lowest BCUT2D eigenvalue weighted by molar-refractivity contribution is 0.102. The number of carbonyl (C=O) groups is 1. The van der Waals surface area contributed by atoms with E-state index in [9.17, 15) is 4.79 Å². The van der Waals surface area contributed by atoms with E-state index in [2.05, 4.69) is 20.4 Å². The Morgan fingerprint density at radius 3 is 2.50 bits per heavy atom. The predicted molar refractivity (Wildman–Crippen MR) is 102 cm³/mol. The van der Waals surface area contributed by atoms with Crippen LogP contribution in [0.1, 0.15) is 21.7 Å². The van der Waals surface area contributed by atoms with Crippen LogP contribution in [0.25, 0.3) is 16.7 Å². The maximum atomic E-state index is 12.4. The molecule has 2 aromatic carbocycles. The standard InChI is InChI=1S/C19H16ClN5O/c1-11-17(20)12(2)25(24-11)14-9-7-13(8-10-14)18(26)23-19-21-15-5-3-4-6-16(15)22-19/h3-10H,1-2H3,(H2,21,22,23,26). The number of nitrogens with one attached hydrogen (secondary N) is 2. The van der Waals surface area contributed by atoms with E-state index in [1.807, 2.05) is 50.2 Å². The van der Waals surface area contributed by atoms with E-state index in [0.717, 1.165) is 28.1 Å². The molecule has 0 unspecified atom stereocenters. The SMILES string of the molecule is Cc1nn(-c2ccc(C(=O)Nc3nc4ccccc4[nH]3)cc2)c(C)c1Cl. The van der Waals surface area contributed by atoms with Gasteiger partial charge in [-0.3, -0.25) is 10.1 Å². The number of rotatable bonds is 3. The molecule has 0 aliphatic heterocycles. The molecule has 2 N–H and O–H groups in total. The highest BCUT2D eigenvalue weighted by Gasteiger charge is 2.12. The summed E-state index contributed by atoms with van der Waals surface area (Å²) in [6.45, 7) is 3.77. The molecule has 0 bridgehead atoms. The summed E-state index contributed by atoms with van der Waals surface area (Å²) in [5.74, 6) is 0.188. The Morgan fingerprint density at radius 1 is 1.12 bits per heavy atom. The van der Waals surface area contributed by atoms with Gasteiger partial charge in [0.15, 0.2) is 0 Å². The van der Waals surface area contributed by atoms with E-state index >= 15 is 0 Å². The van der Waals surface area contributed by atoms with Gasteiger partial charge in [0, 0.05) is 5.56 Å². The fourth-order valence-corrected chi connectivity index (χ4v) is 2.94. The van der Waals surface area contributed by atoms with Crippen LogP contribution in [-0.4, -0.2) is 25.7 Å². The molecule has 7 heteroatoms. The van der Waals surface area contributed by atoms with E-state index < -0.39 is 0 Å². The van der Waals surface area contributed by atoms with Gasteiger partial charge in [-0.15, -0.1) is 0 Å². The first kappa shape index (κ1) is 16.4. The van der Waals surface area contributed by atoms with Crippen LogP contribution < -0.4 is 5.32 Å². The number of aryl methyl sites for hydroxylation is 1. The molecule has 0 saturated carbocycles. The molecular weight excluding hydrogens is 350 g/mol. The van der Waals surface area contributed by atoms with Gasteiger partial charge < -0.3 is 4.98 Å². The Labute approximate surface area is 154 Å². The topological polar surface area (TPSA) is 75.6 Å². The van der Waals surface area contributed by atoms with Gasteiger partial charge in [-0.05, 0) is 50.2 Å². The first-order valence-corrected chi connectivity index (χ1v) is 8.49. The molecule has 6 nitrogen and oxygen atoms in total. The molecule has 130 valence electrons. The molecular formula is C19H16ClN5O. The first-order chi connectivity index (χ1) is 12.5. The van der Waals surface area contributed by atoms with Crippen molar-refractivity contribution in [3.05, 3.63) is 70.5 Å². The second-order valence-electron chi connectivity index (χ2n) is 6.00. The molecule has 4 rings (SSSR count). The van der Waals surface area contributed by atoms with Gasteiger partial charge in [0.1, 0.15) is 0 Å². The van der Waals surface area contributed by atoms with Gasteiger partial charge in [0.25, 0.3) is 5.91 Å². The molecule has 1 amide bonds. The summed E-state index contributed by atoms with van der Waals surface area (Å²) in [5.41, 5.74) is 4.69. The Bertz CT molecular complexity index is 1080. The first-order valence-electron chi connectivity index (χ1n) is 8.11. The fourth-order valence-electron chi connectivity index (χ4n) is 2.82. The zero-order valence-electron chi connectivity index (χ0n) is 14.2. The van der Waals surface area contributed by atoms with Crippen molar-refractivity contribution in [1.82, 2.24) is 19.7 Å². The van der Waals surface area contributed by atoms with E-state index in [0.29, 0.717) is 16.5 Å². The molecule has 0 radical (unpaired) electrons. The number of anilines is 1. The van der Waals surface area contributed by atoms with Crippen LogP contribution >= 0.6 is 11.6 Å². The minimum Gasteiger partial charge on any atom is -0.324 e. The van der Waals surface area contributed by atoms with Crippen LogP contribution in [0, 0.1) is 13.8 Å². The highest BCUT2D eigenvalue weighted by Crippen LogP contribution is 2.22. The number of H-pyrrole nitrogens is 1. The van der Waals surface area contributed by atoms with Gasteiger partial charge in [0.05, 0.1) is 33.1 Å². The second kappa shape index (κ2) is 6.31. The number of fused-ring (bicyclic) bond motifs is 1. The van der Waals surface area contributed by atoms with E-state index in [-0.39, 0.29) is 5.91 Å². The van der Waals surface area contributed by atoms with Crippen molar-refractivity contribution in [3.63, 3.8) is 0 Å². The molecule has 0 aliphatic rings. The number of halogens is 1. The molecule has 0 aliphatic carbocycles. The third-order valence-corrected chi connectivity index (χ3v) is 4.75. The van der Waals surface area contributed by atoms with Crippen LogP contribution in [0.5, 0.6) is 0 Å². The Balaban J connectivity index is 1.56. The van der Waals surface area contributed by atoms with E-state index in [1.54, 1.807) is 16.8 Å². The average Bonchev–Trinajstić information content (AvgIpc) is 3.17. The van der Waals surface area contributed by atoms with Gasteiger partial charge in [0.2, 0.25) is 5.95 Å². The van der Waals surface area contributed by atoms with Gasteiger partial charge in [-0.25, -0.2) is 9.67 Å². The lowest BCUT2D eigenvalue weighted by Gasteiger charge is -2.06. The lowest BCUT2D eigenvalue weighted by atomic mass is 10.2. The summed E-state index contributed by atoms with van der Waals surface area (Å²) in [4.78, 5) is 19.9. The quantitative estimate of drug-likeness (QED) is 0.569. The van der Waals surface area contributed by atoms with Crippen LogP contribution in [-0.2, 0) is 0 Å². The van der Waals surface area contributed by atoms with Crippen molar-refractivity contribution in [2.75, 3.05) is 5.32 Å². The number of amides is 1. The maximum absolute atomic E-state index is 12.4. The zero-order valence-corrected chi connectivity index (χ0v) is 15.0. The summed E-state index contributed by atoms with van der Waals surface area (Å²) < 4.78 is 1.76. The number of carbonyl (C=O) groups excluding carboxylic acids is 1. The van der Waals surface area contributed by atoms with Crippen LogP contribution in [0.15, 0.2) is 48.5 Å². The molecule has 0 fully saturated rings. The largest absolute Gasteiger partial charge is 0.324 e. The van der Waals surface area contributed by atoms with Crippen LogP contribution in [0.3, 0.4) is 0 Å². The average molecular weight is 366 g/mol. The van der Waals surface area contributed by atoms with Crippen molar-refractivity contribution in [3.8, 4) is 5.69 Å². The molecule has 26 heavy (non-hydrogen) atoms. The van der Waals surface area contributed by atoms with Crippen LogP contribution in [0.2, 0.25) is 5.02 Å². The zero-order chi connectivity index (χ0) is 18.3. The molecule has 2 aromatic heterocycles. The number of para-hydroxylation sites is 2. The summed E-state index contributed by atoms with van der Waals surface area (Å²) in [5, 5.41) is 7.85. The molecule has 0 spiro atoms. The number of hydrogen-bond donors (Lipinski definition) is 2. The molecule has 0 atom stereocenters. The number of aromatic amines is 1. The summed E-state index contributed by atoms with van der Waals surface area (Å²) in [6, 6.07) is 14.8. The van der Waals surface area contributed by atoms with Gasteiger partial charge in [-0.2, -0.15) is 5.10 Å². The van der Waals surface area contributed by atoms with E-state index in [1.165, 1.54) is 0 Å². The molecule has 0 saturated heterocycles. The second-order valence-corrected chi connectivity index (χ2v) is 6.38. The maximum Gasteiger partial charge on any atom is 0.257 e. The number of benzene rings is 2. The van der Waals surface area contributed by atoms with Crippen molar-refractivity contribution in [2.45, 2.75) is 13.8 Å². The van der Waals surface area contributed by atoms with Crippen molar-refractivity contribution >= 4 is 34.5 Å². The van der Waals surface area contributed by atoms with Crippen molar-refractivity contribution in [1.29, 1.82) is 0 Å². The minimum absolute atomic E-state index is 0.234. The summed E-state index contributed by atoms with van der Waals surface area (Å²) in [6.07, 6.45) is 0. The van der Waals surface area contributed by atoms with Crippen molar-refractivity contribution < 1.29 is 4.79 Å². The third kappa shape index (κ3) is 2.84. The highest BCUT2D eigenvalue weighted by molar-refractivity contribution is 6.31. The van der Waals surface area contributed by atoms with Crippen molar-refractivity contribution in [2.24, 2.45) is 0 Å². The van der Waals surface area contributed by atoms with Crippen LogP contribution in [0.4, 0.5) is 5.95 Å². The number of nitrogens with zero attached hydrogens (tertiary/aromatic N) is 3.